The molecule has 0 aliphatic heterocycles. The summed E-state index contributed by atoms with van der Waals surface area (Å²) in [6.45, 7) is 4.01. The first-order valence-electron chi connectivity index (χ1n) is 8.58. The van der Waals surface area contributed by atoms with Gasteiger partial charge in [-0.1, -0.05) is 64.0 Å². The van der Waals surface area contributed by atoms with Crippen molar-refractivity contribution < 1.29 is 0 Å². The fraction of sp³-hybridized carbons (Fsp3) is 0.105. The fourth-order valence-electron chi connectivity index (χ4n) is 2.98. The highest BCUT2D eigenvalue weighted by atomic mass is 35.5. The van der Waals surface area contributed by atoms with Crippen LogP contribution < -0.4 is 0 Å². The van der Waals surface area contributed by atoms with Gasteiger partial charge in [-0.15, -0.1) is 15.3 Å². The van der Waals surface area contributed by atoms with Crippen molar-refractivity contribution in [3.8, 4) is 27.8 Å². The lowest BCUT2D eigenvalue weighted by Gasteiger charge is -2.03. The van der Waals surface area contributed by atoms with E-state index < -0.39 is 0 Å². The smallest absolute Gasteiger partial charge is 0.217 e. The maximum atomic E-state index is 6.31. The molecule has 0 unspecified atom stereocenters. The normalized spacial score (nSPS) is 11.4. The topological polar surface area (TPSA) is 73.8 Å². The minimum absolute atomic E-state index is 0.556. The molecule has 0 aliphatic rings. The second-order valence-electron chi connectivity index (χ2n) is 6.38. The number of aryl methyl sites for hydroxylation is 1. The Balaban J connectivity index is 1.61. The summed E-state index contributed by atoms with van der Waals surface area (Å²) >= 11 is 7.74. The molecule has 138 valence electrons. The molecule has 0 bridgehead atoms. The van der Waals surface area contributed by atoms with Crippen LogP contribution >= 0.6 is 22.9 Å². The number of aromatic nitrogens is 7. The Labute approximate surface area is 169 Å². The number of hydrogen-bond donors (Lipinski definition) is 0. The summed E-state index contributed by atoms with van der Waals surface area (Å²) in [5, 5.41) is 23.3. The molecule has 3 heterocycles. The maximum absolute atomic E-state index is 6.31. The monoisotopic (exact) mass is 407 g/mol. The van der Waals surface area contributed by atoms with E-state index in [9.17, 15) is 0 Å². The van der Waals surface area contributed by atoms with Gasteiger partial charge in [0.1, 0.15) is 5.01 Å². The summed E-state index contributed by atoms with van der Waals surface area (Å²) in [7, 11) is 0. The number of fused-ring (bicyclic) bond motifs is 1. The first-order valence-corrected chi connectivity index (χ1v) is 9.78. The van der Waals surface area contributed by atoms with Crippen LogP contribution in [-0.2, 0) is 0 Å². The first kappa shape index (κ1) is 17.0. The van der Waals surface area contributed by atoms with Crippen molar-refractivity contribution >= 4 is 27.9 Å². The molecule has 0 saturated carbocycles. The zero-order valence-electron chi connectivity index (χ0n) is 15.0. The van der Waals surface area contributed by atoms with E-state index >= 15 is 0 Å². The number of nitrogens with zero attached hydrogens (tertiary/aromatic N) is 7. The molecule has 5 aromatic rings. The van der Waals surface area contributed by atoms with Crippen LogP contribution in [0.1, 0.15) is 11.3 Å². The van der Waals surface area contributed by atoms with Crippen LogP contribution in [0.4, 0.5) is 0 Å². The van der Waals surface area contributed by atoms with Gasteiger partial charge in [0, 0.05) is 5.56 Å². The Bertz CT molecular complexity index is 1300. The quantitative estimate of drug-likeness (QED) is 0.444. The maximum Gasteiger partial charge on any atom is 0.235 e. The average molecular weight is 408 g/mol. The molecule has 0 saturated heterocycles. The lowest BCUT2D eigenvalue weighted by molar-refractivity contribution is 0.785. The zero-order chi connectivity index (χ0) is 19.3. The van der Waals surface area contributed by atoms with Gasteiger partial charge in [-0.3, -0.25) is 0 Å². The summed E-state index contributed by atoms with van der Waals surface area (Å²) in [6, 6.07) is 15.7. The fourth-order valence-corrected chi connectivity index (χ4v) is 4.14. The van der Waals surface area contributed by atoms with Crippen LogP contribution in [0.2, 0.25) is 5.02 Å². The van der Waals surface area contributed by atoms with Crippen molar-refractivity contribution in [3.05, 3.63) is 64.8 Å². The molecular weight excluding hydrogens is 394 g/mol. The SMILES string of the molecule is Cc1ccc(-n2nnc(-c3nnc4sc(-c5ccccc5Cl)nn34)c2C)cc1. The number of halogens is 1. The summed E-state index contributed by atoms with van der Waals surface area (Å²) in [5.41, 5.74) is 4.51. The van der Waals surface area contributed by atoms with E-state index in [0.717, 1.165) is 22.0 Å². The molecule has 9 heteroatoms. The Morgan fingerprint density at radius 2 is 1.71 bits per heavy atom. The molecule has 3 aromatic heterocycles. The van der Waals surface area contributed by atoms with Crippen LogP contribution in [-0.4, -0.2) is 34.8 Å². The minimum Gasteiger partial charge on any atom is -0.217 e. The highest BCUT2D eigenvalue weighted by molar-refractivity contribution is 7.19. The summed E-state index contributed by atoms with van der Waals surface area (Å²) in [5.74, 6) is 0.556. The van der Waals surface area contributed by atoms with Gasteiger partial charge in [0.25, 0.3) is 0 Å². The minimum atomic E-state index is 0.556. The molecular formula is C19H14ClN7S. The number of rotatable bonds is 3. The molecule has 0 radical (unpaired) electrons. The van der Waals surface area contributed by atoms with Gasteiger partial charge in [0.2, 0.25) is 10.8 Å². The third kappa shape index (κ3) is 2.69. The Kier molecular flexibility index (Phi) is 3.96. The van der Waals surface area contributed by atoms with Crippen molar-refractivity contribution in [3.63, 3.8) is 0 Å². The molecule has 0 amide bonds. The standard InChI is InChI=1S/C19H14ClN7S/c1-11-7-9-13(10-8-11)26-12(2)16(21-25-26)17-22-23-19-27(17)24-18(28-19)14-5-3-4-6-15(14)20/h3-10H,1-2H3. The van der Waals surface area contributed by atoms with Crippen molar-refractivity contribution in [2.75, 3.05) is 0 Å². The molecule has 0 aliphatic carbocycles. The van der Waals surface area contributed by atoms with E-state index in [-0.39, 0.29) is 0 Å². The van der Waals surface area contributed by atoms with Gasteiger partial charge in [0.05, 0.1) is 16.4 Å². The summed E-state index contributed by atoms with van der Waals surface area (Å²) in [6.07, 6.45) is 0. The van der Waals surface area contributed by atoms with Crippen LogP contribution in [0.5, 0.6) is 0 Å². The Morgan fingerprint density at radius 3 is 2.50 bits per heavy atom. The highest BCUT2D eigenvalue weighted by Crippen LogP contribution is 2.32. The first-order chi connectivity index (χ1) is 13.6. The van der Waals surface area contributed by atoms with Crippen LogP contribution in [0.3, 0.4) is 0 Å². The lowest BCUT2D eigenvalue weighted by atomic mass is 10.2. The Hall–Kier alpha value is -3.10. The van der Waals surface area contributed by atoms with E-state index in [1.165, 1.54) is 16.9 Å². The van der Waals surface area contributed by atoms with E-state index in [4.69, 9.17) is 11.6 Å². The van der Waals surface area contributed by atoms with Crippen LogP contribution in [0.15, 0.2) is 48.5 Å². The van der Waals surface area contributed by atoms with Gasteiger partial charge < -0.3 is 0 Å². The van der Waals surface area contributed by atoms with Crippen molar-refractivity contribution in [1.82, 2.24) is 34.8 Å². The summed E-state index contributed by atoms with van der Waals surface area (Å²) in [4.78, 5) is 0.675. The van der Waals surface area contributed by atoms with E-state index in [2.05, 4.69) is 32.5 Å². The third-order valence-corrected chi connectivity index (χ3v) is 5.74. The summed E-state index contributed by atoms with van der Waals surface area (Å²) < 4.78 is 3.48. The second-order valence-corrected chi connectivity index (χ2v) is 7.74. The van der Waals surface area contributed by atoms with Crippen LogP contribution in [0, 0.1) is 13.8 Å². The number of benzene rings is 2. The molecule has 0 N–H and O–H groups in total. The molecule has 0 spiro atoms. The highest BCUT2D eigenvalue weighted by Gasteiger charge is 2.21. The largest absolute Gasteiger partial charge is 0.235 e. The average Bonchev–Trinajstić information content (AvgIpc) is 3.37. The molecule has 2 aromatic carbocycles. The van der Waals surface area contributed by atoms with E-state index in [0.29, 0.717) is 21.5 Å². The second kappa shape index (κ2) is 6.50. The van der Waals surface area contributed by atoms with Crippen LogP contribution in [0.25, 0.3) is 32.7 Å². The van der Waals surface area contributed by atoms with Crippen molar-refractivity contribution in [2.45, 2.75) is 13.8 Å². The number of hydrogen-bond acceptors (Lipinski definition) is 6. The third-order valence-electron chi connectivity index (χ3n) is 4.48. The van der Waals surface area contributed by atoms with Gasteiger partial charge >= 0.3 is 0 Å². The van der Waals surface area contributed by atoms with Crippen molar-refractivity contribution in [2.24, 2.45) is 0 Å². The predicted octanol–water partition coefficient (Wildman–Crippen LogP) is 4.37. The molecule has 5 rings (SSSR count). The van der Waals surface area contributed by atoms with Gasteiger partial charge in [-0.05, 0) is 32.0 Å². The van der Waals surface area contributed by atoms with Gasteiger partial charge in [-0.2, -0.15) is 9.61 Å². The van der Waals surface area contributed by atoms with E-state index in [1.54, 1.807) is 9.20 Å². The lowest BCUT2D eigenvalue weighted by Crippen LogP contribution is -1.99. The van der Waals surface area contributed by atoms with Gasteiger partial charge in [0.15, 0.2) is 5.69 Å². The molecule has 7 nitrogen and oxygen atoms in total. The molecule has 0 fully saturated rings. The molecule has 28 heavy (non-hydrogen) atoms. The van der Waals surface area contributed by atoms with Crippen molar-refractivity contribution in [1.29, 1.82) is 0 Å². The predicted molar refractivity (Wildman–Crippen MR) is 109 cm³/mol. The van der Waals surface area contributed by atoms with Gasteiger partial charge in [-0.25, -0.2) is 4.68 Å². The molecule has 0 atom stereocenters. The van der Waals surface area contributed by atoms with E-state index in [1.807, 2.05) is 55.5 Å². The Morgan fingerprint density at radius 1 is 0.929 bits per heavy atom. The zero-order valence-corrected chi connectivity index (χ0v) is 16.6.